The Hall–Kier alpha value is -2.33. The number of amides is 2. The first kappa shape index (κ1) is 18.0. The van der Waals surface area contributed by atoms with Gasteiger partial charge in [0, 0.05) is 37.1 Å². The lowest BCUT2D eigenvalue weighted by Crippen LogP contribution is -2.31. The van der Waals surface area contributed by atoms with Gasteiger partial charge in [0.1, 0.15) is 0 Å². The van der Waals surface area contributed by atoms with Crippen molar-refractivity contribution < 1.29 is 9.59 Å². The standard InChI is InChI=1S/C19H21ClN2O2/c1-14-3-9-18(10-4-14)21-19(24)11-12-22(15(2)23)13-16-5-7-17(20)8-6-16/h3-10H,11-13H2,1-2H3,(H,21,24). The Balaban J connectivity index is 1.88. The molecule has 2 aromatic rings. The average Bonchev–Trinajstić information content (AvgIpc) is 2.55. The molecule has 0 heterocycles. The Labute approximate surface area is 147 Å². The molecule has 2 aromatic carbocycles. The molecule has 0 saturated carbocycles. The molecule has 0 aliphatic carbocycles. The third-order valence-electron chi connectivity index (χ3n) is 3.68. The van der Waals surface area contributed by atoms with E-state index in [1.54, 1.807) is 17.0 Å². The second-order valence-corrected chi connectivity index (χ2v) is 6.17. The molecule has 2 rings (SSSR count). The van der Waals surface area contributed by atoms with Crippen LogP contribution >= 0.6 is 11.6 Å². The molecule has 0 saturated heterocycles. The topological polar surface area (TPSA) is 49.4 Å². The summed E-state index contributed by atoms with van der Waals surface area (Å²) in [5.41, 5.74) is 2.88. The van der Waals surface area contributed by atoms with Gasteiger partial charge < -0.3 is 10.2 Å². The van der Waals surface area contributed by atoms with Crippen molar-refractivity contribution in [2.75, 3.05) is 11.9 Å². The molecule has 0 atom stereocenters. The largest absolute Gasteiger partial charge is 0.338 e. The zero-order valence-electron chi connectivity index (χ0n) is 13.9. The number of hydrogen-bond acceptors (Lipinski definition) is 2. The number of benzene rings is 2. The van der Waals surface area contributed by atoms with Crippen molar-refractivity contribution in [3.8, 4) is 0 Å². The molecular weight excluding hydrogens is 324 g/mol. The summed E-state index contributed by atoms with van der Waals surface area (Å²) in [5, 5.41) is 3.50. The molecule has 24 heavy (non-hydrogen) atoms. The van der Waals surface area contributed by atoms with E-state index in [1.165, 1.54) is 6.92 Å². The predicted molar refractivity (Wildman–Crippen MR) is 97.0 cm³/mol. The van der Waals surface area contributed by atoms with Crippen LogP contribution in [0.4, 0.5) is 5.69 Å². The molecular formula is C19H21ClN2O2. The molecule has 0 unspecified atom stereocenters. The van der Waals surface area contributed by atoms with Crippen LogP contribution < -0.4 is 5.32 Å². The maximum atomic E-state index is 12.1. The smallest absolute Gasteiger partial charge is 0.226 e. The fourth-order valence-electron chi connectivity index (χ4n) is 2.25. The maximum absolute atomic E-state index is 12.1. The molecule has 0 aliphatic heterocycles. The van der Waals surface area contributed by atoms with Gasteiger partial charge in [0.2, 0.25) is 11.8 Å². The van der Waals surface area contributed by atoms with E-state index in [1.807, 2.05) is 43.3 Å². The number of carbonyl (C=O) groups excluding carboxylic acids is 2. The number of hydrogen-bond donors (Lipinski definition) is 1. The predicted octanol–water partition coefficient (Wildman–Crippen LogP) is 4.03. The third kappa shape index (κ3) is 5.70. The maximum Gasteiger partial charge on any atom is 0.226 e. The van der Waals surface area contributed by atoms with Crippen molar-refractivity contribution in [1.82, 2.24) is 4.90 Å². The van der Waals surface area contributed by atoms with E-state index in [2.05, 4.69) is 5.32 Å². The van der Waals surface area contributed by atoms with Crippen molar-refractivity contribution in [3.63, 3.8) is 0 Å². The van der Waals surface area contributed by atoms with Crippen molar-refractivity contribution in [1.29, 1.82) is 0 Å². The van der Waals surface area contributed by atoms with Crippen LogP contribution in [0.1, 0.15) is 24.5 Å². The molecule has 126 valence electrons. The number of halogens is 1. The summed E-state index contributed by atoms with van der Waals surface area (Å²) >= 11 is 5.87. The molecule has 0 spiro atoms. The van der Waals surface area contributed by atoms with Crippen LogP contribution in [0.15, 0.2) is 48.5 Å². The minimum absolute atomic E-state index is 0.0620. The normalized spacial score (nSPS) is 10.3. The van der Waals surface area contributed by atoms with Gasteiger partial charge in [-0.25, -0.2) is 0 Å². The summed E-state index contributed by atoms with van der Waals surface area (Å²) in [4.78, 5) is 25.5. The quantitative estimate of drug-likeness (QED) is 0.860. The van der Waals surface area contributed by atoms with E-state index in [0.717, 1.165) is 16.8 Å². The first-order chi connectivity index (χ1) is 11.4. The van der Waals surface area contributed by atoms with Crippen LogP contribution in [0, 0.1) is 6.92 Å². The highest BCUT2D eigenvalue weighted by atomic mass is 35.5. The number of anilines is 1. The van der Waals surface area contributed by atoms with Crippen molar-refractivity contribution >= 4 is 29.1 Å². The Morgan fingerprint density at radius 3 is 2.25 bits per heavy atom. The van der Waals surface area contributed by atoms with Crippen LogP contribution in [-0.4, -0.2) is 23.3 Å². The third-order valence-corrected chi connectivity index (χ3v) is 3.93. The van der Waals surface area contributed by atoms with E-state index in [4.69, 9.17) is 11.6 Å². The van der Waals surface area contributed by atoms with Crippen molar-refractivity contribution in [3.05, 3.63) is 64.7 Å². The monoisotopic (exact) mass is 344 g/mol. The highest BCUT2D eigenvalue weighted by Crippen LogP contribution is 2.13. The van der Waals surface area contributed by atoms with Gasteiger partial charge in [-0.15, -0.1) is 0 Å². The molecule has 0 bridgehead atoms. The molecule has 4 nitrogen and oxygen atoms in total. The highest BCUT2D eigenvalue weighted by molar-refractivity contribution is 6.30. The van der Waals surface area contributed by atoms with Gasteiger partial charge in [-0.1, -0.05) is 41.4 Å². The number of rotatable bonds is 6. The van der Waals surface area contributed by atoms with Crippen LogP contribution in [0.25, 0.3) is 0 Å². The lowest BCUT2D eigenvalue weighted by Gasteiger charge is -2.21. The first-order valence-electron chi connectivity index (χ1n) is 7.80. The summed E-state index contributed by atoms with van der Waals surface area (Å²) < 4.78 is 0. The van der Waals surface area contributed by atoms with Crippen LogP contribution in [0.3, 0.4) is 0 Å². The molecule has 0 radical (unpaired) electrons. The van der Waals surface area contributed by atoms with Gasteiger partial charge in [-0.05, 0) is 36.8 Å². The first-order valence-corrected chi connectivity index (χ1v) is 8.18. The summed E-state index contributed by atoms with van der Waals surface area (Å²) in [5.74, 6) is -0.172. The lowest BCUT2D eigenvalue weighted by atomic mass is 10.2. The molecule has 0 fully saturated rings. The van der Waals surface area contributed by atoms with E-state index in [-0.39, 0.29) is 18.2 Å². The number of carbonyl (C=O) groups is 2. The van der Waals surface area contributed by atoms with Crippen LogP contribution in [0.5, 0.6) is 0 Å². The fraction of sp³-hybridized carbons (Fsp3) is 0.263. The average molecular weight is 345 g/mol. The molecule has 0 aliphatic rings. The van der Waals surface area contributed by atoms with Crippen molar-refractivity contribution in [2.45, 2.75) is 26.8 Å². The van der Waals surface area contributed by atoms with Crippen LogP contribution in [0.2, 0.25) is 5.02 Å². The van der Waals surface area contributed by atoms with Gasteiger partial charge in [0.15, 0.2) is 0 Å². The zero-order valence-corrected chi connectivity index (χ0v) is 14.6. The minimum Gasteiger partial charge on any atom is -0.338 e. The van der Waals surface area contributed by atoms with Crippen LogP contribution in [-0.2, 0) is 16.1 Å². The van der Waals surface area contributed by atoms with E-state index in [9.17, 15) is 9.59 Å². The van der Waals surface area contributed by atoms with Gasteiger partial charge in [-0.3, -0.25) is 9.59 Å². The second kappa shape index (κ2) is 8.50. The van der Waals surface area contributed by atoms with E-state index >= 15 is 0 Å². The highest BCUT2D eigenvalue weighted by Gasteiger charge is 2.12. The number of nitrogens with one attached hydrogen (secondary N) is 1. The van der Waals surface area contributed by atoms with E-state index in [0.29, 0.717) is 18.1 Å². The van der Waals surface area contributed by atoms with Gasteiger partial charge in [-0.2, -0.15) is 0 Å². The zero-order chi connectivity index (χ0) is 17.5. The summed E-state index contributed by atoms with van der Waals surface area (Å²) in [6.07, 6.45) is 0.251. The molecule has 2 amide bonds. The Morgan fingerprint density at radius 2 is 1.67 bits per heavy atom. The van der Waals surface area contributed by atoms with Gasteiger partial charge in [0.05, 0.1) is 0 Å². The summed E-state index contributed by atoms with van der Waals surface area (Å²) in [7, 11) is 0. The Kier molecular flexibility index (Phi) is 6.38. The lowest BCUT2D eigenvalue weighted by molar-refractivity contribution is -0.129. The SMILES string of the molecule is CC(=O)N(CCC(=O)Nc1ccc(C)cc1)Cc1ccc(Cl)cc1. The summed E-state index contributed by atoms with van der Waals surface area (Å²) in [6, 6.07) is 15.0. The van der Waals surface area contributed by atoms with E-state index < -0.39 is 0 Å². The minimum atomic E-state index is -0.110. The fourth-order valence-corrected chi connectivity index (χ4v) is 2.38. The van der Waals surface area contributed by atoms with Crippen molar-refractivity contribution in [2.24, 2.45) is 0 Å². The molecule has 1 N–H and O–H groups in total. The summed E-state index contributed by atoms with van der Waals surface area (Å²) in [6.45, 7) is 4.33. The van der Waals surface area contributed by atoms with Gasteiger partial charge >= 0.3 is 0 Å². The Morgan fingerprint density at radius 1 is 1.04 bits per heavy atom. The molecule has 0 aromatic heterocycles. The van der Waals surface area contributed by atoms with Gasteiger partial charge in [0.25, 0.3) is 0 Å². The second-order valence-electron chi connectivity index (χ2n) is 5.73. The number of nitrogens with zero attached hydrogens (tertiary/aromatic N) is 1. The Bertz CT molecular complexity index is 696. The number of aryl methyl sites for hydroxylation is 1. The molecule has 5 heteroatoms.